The topological polar surface area (TPSA) is 64.4 Å². The maximum Gasteiger partial charge on any atom is 0.267 e. The number of ether oxygens (including phenoxy) is 1. The third-order valence-electron chi connectivity index (χ3n) is 6.43. The van der Waals surface area contributed by atoms with Crippen LogP contribution >= 0.6 is 23.1 Å². The summed E-state index contributed by atoms with van der Waals surface area (Å²) in [4.78, 5) is 36.2. The molecule has 186 valence electrons. The summed E-state index contributed by atoms with van der Waals surface area (Å²) in [5.74, 6) is 0.712. The third-order valence-corrected chi connectivity index (χ3v) is 8.54. The molecule has 0 N–H and O–H groups in total. The quantitative estimate of drug-likeness (QED) is 0.226. The average molecular weight is 520 g/mol. The molecule has 2 aromatic heterocycles. The van der Waals surface area contributed by atoms with Gasteiger partial charge in [-0.25, -0.2) is 4.98 Å². The molecule has 1 amide bonds. The molecule has 4 aromatic rings. The summed E-state index contributed by atoms with van der Waals surface area (Å²) < 4.78 is 7.23. The van der Waals surface area contributed by atoms with Gasteiger partial charge in [0.25, 0.3) is 5.56 Å². The van der Waals surface area contributed by atoms with E-state index in [4.69, 9.17) is 9.72 Å². The number of anilines is 1. The highest BCUT2D eigenvalue weighted by molar-refractivity contribution is 7.99. The first-order valence-electron chi connectivity index (χ1n) is 12.2. The average Bonchev–Trinajstić information content (AvgIpc) is 3.27. The molecule has 0 saturated heterocycles. The van der Waals surface area contributed by atoms with Gasteiger partial charge < -0.3 is 9.64 Å². The standard InChI is InChI=1S/C28H29N3O3S2/c1-18(2)30(19-11-5-4-6-12-19)24(32)17-35-28-29-26-25(20-13-7-10-16-23(20)36-26)27(33)31(28)21-14-8-9-15-22(21)34-3/h4-6,8-9,11-12,14-15,18H,7,10,13,16-17H2,1-3H3. The number of hydrogen-bond donors (Lipinski definition) is 0. The summed E-state index contributed by atoms with van der Waals surface area (Å²) in [7, 11) is 1.60. The van der Waals surface area contributed by atoms with E-state index < -0.39 is 0 Å². The second-order valence-electron chi connectivity index (χ2n) is 9.08. The van der Waals surface area contributed by atoms with E-state index in [2.05, 4.69) is 0 Å². The molecule has 0 atom stereocenters. The van der Waals surface area contributed by atoms with E-state index in [1.54, 1.807) is 27.9 Å². The predicted molar refractivity (Wildman–Crippen MR) is 148 cm³/mol. The van der Waals surface area contributed by atoms with Crippen molar-refractivity contribution in [2.75, 3.05) is 17.8 Å². The van der Waals surface area contributed by atoms with E-state index in [-0.39, 0.29) is 23.3 Å². The van der Waals surface area contributed by atoms with Crippen LogP contribution < -0.4 is 15.2 Å². The molecule has 8 heteroatoms. The molecule has 1 aliphatic rings. The van der Waals surface area contributed by atoms with Crippen molar-refractivity contribution in [1.29, 1.82) is 0 Å². The van der Waals surface area contributed by atoms with Gasteiger partial charge in [-0.2, -0.15) is 0 Å². The van der Waals surface area contributed by atoms with E-state index in [0.717, 1.165) is 41.8 Å². The summed E-state index contributed by atoms with van der Waals surface area (Å²) in [6.07, 6.45) is 4.12. The number of carbonyl (C=O) groups is 1. The van der Waals surface area contributed by atoms with Gasteiger partial charge in [-0.15, -0.1) is 11.3 Å². The first kappa shape index (κ1) is 24.6. The zero-order chi connectivity index (χ0) is 25.2. The molecule has 0 bridgehead atoms. The number of methoxy groups -OCH3 is 1. The zero-order valence-electron chi connectivity index (χ0n) is 20.7. The molecule has 2 heterocycles. The minimum atomic E-state index is -0.0948. The van der Waals surface area contributed by atoms with Crippen LogP contribution in [0.2, 0.25) is 0 Å². The lowest BCUT2D eigenvalue weighted by atomic mass is 9.97. The Morgan fingerprint density at radius 3 is 2.58 bits per heavy atom. The number of amides is 1. The van der Waals surface area contributed by atoms with Crippen LogP contribution in [0.5, 0.6) is 5.75 Å². The molecular weight excluding hydrogens is 490 g/mol. The Kier molecular flexibility index (Phi) is 7.16. The molecule has 0 aliphatic heterocycles. The molecule has 0 fully saturated rings. The number of para-hydroxylation sites is 3. The fourth-order valence-corrected chi connectivity index (χ4v) is 6.99. The van der Waals surface area contributed by atoms with Gasteiger partial charge in [0.15, 0.2) is 5.16 Å². The van der Waals surface area contributed by atoms with Crippen LogP contribution in [0.4, 0.5) is 5.69 Å². The first-order chi connectivity index (χ1) is 17.5. The van der Waals surface area contributed by atoms with Crippen LogP contribution in [0.15, 0.2) is 64.5 Å². The van der Waals surface area contributed by atoms with Gasteiger partial charge in [-0.1, -0.05) is 42.1 Å². The third kappa shape index (κ3) is 4.55. The summed E-state index contributed by atoms with van der Waals surface area (Å²) in [5.41, 5.74) is 2.54. The van der Waals surface area contributed by atoms with Crippen molar-refractivity contribution in [3.05, 3.63) is 75.4 Å². The fourth-order valence-electron chi connectivity index (χ4n) is 4.82. The number of carbonyl (C=O) groups excluding carboxylic acids is 1. The Morgan fingerprint density at radius 2 is 1.83 bits per heavy atom. The minimum absolute atomic E-state index is 0.00336. The van der Waals surface area contributed by atoms with Crippen molar-refractivity contribution < 1.29 is 9.53 Å². The van der Waals surface area contributed by atoms with E-state index in [1.807, 2.05) is 68.4 Å². The van der Waals surface area contributed by atoms with Gasteiger partial charge in [0.05, 0.1) is 23.9 Å². The lowest BCUT2D eigenvalue weighted by molar-refractivity contribution is -0.116. The summed E-state index contributed by atoms with van der Waals surface area (Å²) in [6, 6.07) is 17.1. The maximum atomic E-state index is 14.0. The number of fused-ring (bicyclic) bond motifs is 3. The predicted octanol–water partition coefficient (Wildman–Crippen LogP) is 5.87. The molecule has 0 radical (unpaired) electrons. The highest BCUT2D eigenvalue weighted by Gasteiger charge is 2.25. The highest BCUT2D eigenvalue weighted by atomic mass is 32.2. The Morgan fingerprint density at radius 1 is 1.11 bits per heavy atom. The largest absolute Gasteiger partial charge is 0.495 e. The van der Waals surface area contributed by atoms with Crippen LogP contribution in [0, 0.1) is 0 Å². The fraction of sp³-hybridized carbons (Fsp3) is 0.321. The van der Waals surface area contributed by atoms with Crippen molar-refractivity contribution in [3.63, 3.8) is 0 Å². The minimum Gasteiger partial charge on any atom is -0.495 e. The molecule has 36 heavy (non-hydrogen) atoms. The van der Waals surface area contributed by atoms with Crippen molar-refractivity contribution in [2.45, 2.75) is 50.7 Å². The molecule has 0 unspecified atom stereocenters. The Bertz CT molecular complexity index is 1460. The summed E-state index contributed by atoms with van der Waals surface area (Å²) >= 11 is 2.92. The molecular formula is C28H29N3O3S2. The monoisotopic (exact) mass is 519 g/mol. The van der Waals surface area contributed by atoms with E-state index >= 15 is 0 Å². The molecule has 2 aromatic carbocycles. The Hall–Kier alpha value is -3.10. The molecule has 5 rings (SSSR count). The number of thiophene rings is 1. The SMILES string of the molecule is COc1ccccc1-n1c(SCC(=O)N(c2ccccc2)C(C)C)nc2sc3c(c2c1=O)CCCC3. The number of rotatable bonds is 7. The Labute approximate surface area is 218 Å². The molecule has 1 aliphatic carbocycles. The van der Waals surface area contributed by atoms with Crippen LogP contribution in [-0.4, -0.2) is 34.4 Å². The second-order valence-corrected chi connectivity index (χ2v) is 11.1. The van der Waals surface area contributed by atoms with Crippen LogP contribution in [0.25, 0.3) is 15.9 Å². The number of nitrogens with zero attached hydrogens (tertiary/aromatic N) is 3. The maximum absolute atomic E-state index is 14.0. The number of hydrogen-bond acceptors (Lipinski definition) is 6. The van der Waals surface area contributed by atoms with E-state index in [1.165, 1.54) is 16.6 Å². The van der Waals surface area contributed by atoms with Crippen molar-refractivity contribution in [1.82, 2.24) is 9.55 Å². The normalized spacial score (nSPS) is 13.1. The van der Waals surface area contributed by atoms with Crippen molar-refractivity contribution >= 4 is 44.9 Å². The molecule has 0 spiro atoms. The van der Waals surface area contributed by atoms with Crippen molar-refractivity contribution in [3.8, 4) is 11.4 Å². The van der Waals surface area contributed by atoms with E-state index in [0.29, 0.717) is 22.0 Å². The lowest BCUT2D eigenvalue weighted by Gasteiger charge is -2.27. The molecule has 0 saturated carbocycles. The van der Waals surface area contributed by atoms with Gasteiger partial charge in [-0.3, -0.25) is 14.2 Å². The van der Waals surface area contributed by atoms with Gasteiger partial charge in [0.2, 0.25) is 5.91 Å². The van der Waals surface area contributed by atoms with Gasteiger partial charge >= 0.3 is 0 Å². The summed E-state index contributed by atoms with van der Waals surface area (Å²) in [5, 5.41) is 1.21. The number of benzene rings is 2. The second kappa shape index (κ2) is 10.5. The Balaban J connectivity index is 1.59. The number of aromatic nitrogens is 2. The number of aryl methyl sites for hydroxylation is 2. The first-order valence-corrected chi connectivity index (χ1v) is 14.0. The number of thioether (sulfide) groups is 1. The highest BCUT2D eigenvalue weighted by Crippen LogP contribution is 2.36. The lowest BCUT2D eigenvalue weighted by Crippen LogP contribution is -2.38. The van der Waals surface area contributed by atoms with Crippen LogP contribution in [0.3, 0.4) is 0 Å². The van der Waals surface area contributed by atoms with E-state index in [9.17, 15) is 9.59 Å². The zero-order valence-corrected chi connectivity index (χ0v) is 22.3. The van der Waals surface area contributed by atoms with Crippen LogP contribution in [-0.2, 0) is 17.6 Å². The summed E-state index contributed by atoms with van der Waals surface area (Å²) in [6.45, 7) is 4.00. The van der Waals surface area contributed by atoms with Gasteiger partial charge in [0.1, 0.15) is 10.6 Å². The van der Waals surface area contributed by atoms with Crippen LogP contribution in [0.1, 0.15) is 37.1 Å². The molecule has 6 nitrogen and oxygen atoms in total. The van der Waals surface area contributed by atoms with Gasteiger partial charge in [-0.05, 0) is 69.4 Å². The van der Waals surface area contributed by atoms with Gasteiger partial charge in [0, 0.05) is 16.6 Å². The smallest absolute Gasteiger partial charge is 0.267 e. The van der Waals surface area contributed by atoms with Crippen molar-refractivity contribution in [2.24, 2.45) is 0 Å².